The van der Waals surface area contributed by atoms with Crippen molar-refractivity contribution in [3.63, 3.8) is 0 Å². The van der Waals surface area contributed by atoms with E-state index in [-0.39, 0.29) is 23.5 Å². The van der Waals surface area contributed by atoms with E-state index in [1.54, 1.807) is 6.07 Å². The first-order valence-electron chi connectivity index (χ1n) is 6.73. The van der Waals surface area contributed by atoms with Crippen molar-refractivity contribution in [1.82, 2.24) is 5.32 Å². The van der Waals surface area contributed by atoms with Crippen molar-refractivity contribution in [2.45, 2.75) is 25.3 Å². The quantitative estimate of drug-likeness (QED) is 0.755. The summed E-state index contributed by atoms with van der Waals surface area (Å²) in [4.78, 5) is 13.5. The molecule has 1 aromatic carbocycles. The highest BCUT2D eigenvalue weighted by Crippen LogP contribution is 2.32. The second-order valence-corrected chi connectivity index (χ2v) is 5.38. The molecular formula is C14H18FN3O. The number of anilines is 2. The normalized spacial score (nSPS) is 26.8. The van der Waals surface area contributed by atoms with E-state index < -0.39 is 0 Å². The van der Waals surface area contributed by atoms with Crippen LogP contribution < -0.4 is 16.0 Å². The van der Waals surface area contributed by atoms with E-state index in [1.165, 1.54) is 6.07 Å². The van der Waals surface area contributed by atoms with Crippen LogP contribution in [0.4, 0.5) is 15.8 Å². The second-order valence-electron chi connectivity index (χ2n) is 5.38. The standard InChI is InChI=1S/C14H18FN3O/c15-10-2-1-3-12(14(10)16)18-7-6-11-9(8-18)4-5-13(19)17-11/h1-3,9,11H,4-8,16H2,(H,17,19). The molecule has 0 spiro atoms. The van der Waals surface area contributed by atoms with E-state index in [1.807, 2.05) is 6.07 Å². The molecule has 2 saturated heterocycles. The maximum Gasteiger partial charge on any atom is 0.220 e. The average Bonchev–Trinajstić information content (AvgIpc) is 2.41. The number of carbonyl (C=O) groups excluding carboxylic acids is 1. The topological polar surface area (TPSA) is 58.4 Å². The van der Waals surface area contributed by atoms with Gasteiger partial charge in [-0.15, -0.1) is 0 Å². The molecule has 4 nitrogen and oxygen atoms in total. The van der Waals surface area contributed by atoms with Gasteiger partial charge in [0.05, 0.1) is 11.4 Å². The van der Waals surface area contributed by atoms with Gasteiger partial charge in [0.1, 0.15) is 5.82 Å². The molecule has 2 aliphatic rings. The molecular weight excluding hydrogens is 245 g/mol. The monoisotopic (exact) mass is 263 g/mol. The molecule has 5 heteroatoms. The van der Waals surface area contributed by atoms with Gasteiger partial charge in [-0.05, 0) is 30.9 Å². The van der Waals surface area contributed by atoms with Gasteiger partial charge >= 0.3 is 0 Å². The van der Waals surface area contributed by atoms with Crippen molar-refractivity contribution in [3.05, 3.63) is 24.0 Å². The van der Waals surface area contributed by atoms with Gasteiger partial charge in [0.25, 0.3) is 0 Å². The molecule has 1 amide bonds. The van der Waals surface area contributed by atoms with Crippen LogP contribution >= 0.6 is 0 Å². The Kier molecular flexibility index (Phi) is 3.05. The van der Waals surface area contributed by atoms with Gasteiger partial charge in [0.2, 0.25) is 5.91 Å². The minimum absolute atomic E-state index is 0.153. The van der Waals surface area contributed by atoms with Gasteiger partial charge in [-0.1, -0.05) is 6.07 Å². The minimum atomic E-state index is -0.364. The lowest BCUT2D eigenvalue weighted by molar-refractivity contribution is -0.124. The number of carbonyl (C=O) groups is 1. The van der Waals surface area contributed by atoms with E-state index in [0.29, 0.717) is 12.3 Å². The Bertz CT molecular complexity index is 505. The van der Waals surface area contributed by atoms with E-state index in [2.05, 4.69) is 10.2 Å². The fourth-order valence-corrected chi connectivity index (χ4v) is 3.13. The predicted octanol–water partition coefficient (Wildman–Crippen LogP) is 1.51. The van der Waals surface area contributed by atoms with Crippen LogP contribution in [0.5, 0.6) is 0 Å². The van der Waals surface area contributed by atoms with Crippen LogP contribution in [0.15, 0.2) is 18.2 Å². The number of amides is 1. The summed E-state index contributed by atoms with van der Waals surface area (Å²) in [6.07, 6.45) is 2.39. The van der Waals surface area contributed by atoms with E-state index in [0.717, 1.165) is 31.6 Å². The number of rotatable bonds is 1. The first-order chi connectivity index (χ1) is 9.15. The number of halogens is 1. The van der Waals surface area contributed by atoms with Crippen LogP contribution in [-0.4, -0.2) is 25.0 Å². The van der Waals surface area contributed by atoms with Crippen LogP contribution in [0.25, 0.3) is 0 Å². The number of benzene rings is 1. The summed E-state index contributed by atoms with van der Waals surface area (Å²) in [6, 6.07) is 5.20. The van der Waals surface area contributed by atoms with Gasteiger partial charge in [0, 0.05) is 25.6 Å². The fourth-order valence-electron chi connectivity index (χ4n) is 3.13. The summed E-state index contributed by atoms with van der Waals surface area (Å²) in [7, 11) is 0. The molecule has 19 heavy (non-hydrogen) atoms. The lowest BCUT2D eigenvalue weighted by Crippen LogP contribution is -2.54. The number of hydrogen-bond acceptors (Lipinski definition) is 3. The van der Waals surface area contributed by atoms with Crippen molar-refractivity contribution in [2.75, 3.05) is 23.7 Å². The van der Waals surface area contributed by atoms with E-state index in [4.69, 9.17) is 5.73 Å². The third-order valence-electron chi connectivity index (χ3n) is 4.19. The molecule has 2 fully saturated rings. The molecule has 0 bridgehead atoms. The Morgan fingerprint density at radius 2 is 2.21 bits per heavy atom. The Balaban J connectivity index is 1.78. The highest BCUT2D eigenvalue weighted by Gasteiger charge is 2.34. The smallest absolute Gasteiger partial charge is 0.220 e. The number of fused-ring (bicyclic) bond motifs is 1. The molecule has 0 radical (unpaired) electrons. The van der Waals surface area contributed by atoms with Gasteiger partial charge in [0.15, 0.2) is 0 Å². The van der Waals surface area contributed by atoms with Gasteiger partial charge in [-0.2, -0.15) is 0 Å². The first kappa shape index (κ1) is 12.3. The molecule has 1 aromatic rings. The summed E-state index contributed by atoms with van der Waals surface area (Å²) in [5, 5.41) is 3.05. The van der Waals surface area contributed by atoms with Gasteiger partial charge in [-0.25, -0.2) is 4.39 Å². The molecule has 2 heterocycles. The summed E-state index contributed by atoms with van der Waals surface area (Å²) >= 11 is 0. The van der Waals surface area contributed by atoms with Crippen LogP contribution in [0.2, 0.25) is 0 Å². The zero-order valence-electron chi connectivity index (χ0n) is 10.7. The van der Waals surface area contributed by atoms with Crippen LogP contribution in [-0.2, 0) is 4.79 Å². The zero-order chi connectivity index (χ0) is 13.4. The maximum atomic E-state index is 13.5. The highest BCUT2D eigenvalue weighted by atomic mass is 19.1. The number of nitrogens with zero attached hydrogens (tertiary/aromatic N) is 1. The summed E-state index contributed by atoms with van der Waals surface area (Å²) in [5.74, 6) is 0.227. The number of nitrogens with two attached hydrogens (primary N) is 1. The maximum absolute atomic E-state index is 13.5. The van der Waals surface area contributed by atoms with Crippen molar-refractivity contribution in [3.8, 4) is 0 Å². The Labute approximate surface area is 111 Å². The summed E-state index contributed by atoms with van der Waals surface area (Å²) < 4.78 is 13.5. The molecule has 3 rings (SSSR count). The fraction of sp³-hybridized carbons (Fsp3) is 0.500. The van der Waals surface area contributed by atoms with Crippen molar-refractivity contribution >= 4 is 17.3 Å². The summed E-state index contributed by atoms with van der Waals surface area (Å²) in [6.45, 7) is 1.63. The third-order valence-corrected chi connectivity index (χ3v) is 4.19. The SMILES string of the molecule is Nc1c(F)cccc1N1CCC2NC(=O)CCC2C1. The molecule has 0 aliphatic carbocycles. The third kappa shape index (κ3) is 2.25. The Morgan fingerprint density at radius 3 is 3.05 bits per heavy atom. The van der Waals surface area contributed by atoms with Crippen molar-refractivity contribution in [2.24, 2.45) is 5.92 Å². The lowest BCUT2D eigenvalue weighted by atomic mass is 9.85. The second kappa shape index (κ2) is 4.72. The first-order valence-corrected chi connectivity index (χ1v) is 6.73. The number of hydrogen-bond donors (Lipinski definition) is 2. The van der Waals surface area contributed by atoms with Crippen LogP contribution in [0.1, 0.15) is 19.3 Å². The molecule has 0 aromatic heterocycles. The number of nitrogen functional groups attached to an aromatic ring is 1. The van der Waals surface area contributed by atoms with Crippen LogP contribution in [0.3, 0.4) is 0 Å². The average molecular weight is 263 g/mol. The number of para-hydroxylation sites is 1. The van der Waals surface area contributed by atoms with Gasteiger partial charge < -0.3 is 16.0 Å². The van der Waals surface area contributed by atoms with Crippen molar-refractivity contribution < 1.29 is 9.18 Å². The highest BCUT2D eigenvalue weighted by molar-refractivity contribution is 5.77. The number of piperidine rings is 2. The Hall–Kier alpha value is -1.78. The van der Waals surface area contributed by atoms with E-state index >= 15 is 0 Å². The minimum Gasteiger partial charge on any atom is -0.395 e. The lowest BCUT2D eigenvalue weighted by Gasteiger charge is -2.42. The predicted molar refractivity (Wildman–Crippen MR) is 72.3 cm³/mol. The molecule has 102 valence electrons. The zero-order valence-corrected chi connectivity index (χ0v) is 10.7. The molecule has 2 atom stereocenters. The Morgan fingerprint density at radius 1 is 1.37 bits per heavy atom. The number of nitrogens with one attached hydrogen (secondary N) is 1. The molecule has 2 unspecified atom stereocenters. The molecule has 0 saturated carbocycles. The van der Waals surface area contributed by atoms with Crippen molar-refractivity contribution in [1.29, 1.82) is 0 Å². The van der Waals surface area contributed by atoms with Crippen LogP contribution in [0, 0.1) is 11.7 Å². The molecule has 2 aliphatic heterocycles. The summed E-state index contributed by atoms with van der Waals surface area (Å²) in [5.41, 5.74) is 6.81. The largest absolute Gasteiger partial charge is 0.395 e. The van der Waals surface area contributed by atoms with Gasteiger partial charge in [-0.3, -0.25) is 4.79 Å². The molecule has 3 N–H and O–H groups in total. The van der Waals surface area contributed by atoms with E-state index in [9.17, 15) is 9.18 Å².